The lowest BCUT2D eigenvalue weighted by Crippen LogP contribution is -2.64. The summed E-state index contributed by atoms with van der Waals surface area (Å²) < 4.78 is 4.60. The van der Waals surface area contributed by atoms with Crippen LogP contribution in [0.25, 0.3) is 0 Å². The van der Waals surface area contributed by atoms with Gasteiger partial charge in [-0.25, -0.2) is 0 Å². The third-order valence-electron chi connectivity index (χ3n) is 2.96. The lowest BCUT2D eigenvalue weighted by molar-refractivity contribution is -0.151. The van der Waals surface area contributed by atoms with E-state index in [2.05, 4.69) is 10.1 Å². The Bertz CT molecular complexity index is 309. The fourth-order valence-electron chi connectivity index (χ4n) is 2.28. The first-order chi connectivity index (χ1) is 7.77. The quantitative estimate of drug-likeness (QED) is 0.718. The maximum atomic E-state index is 12.3. The molecular weight excluding hydrogens is 220 g/mol. The van der Waals surface area contributed by atoms with Crippen molar-refractivity contribution in [3.8, 4) is 0 Å². The van der Waals surface area contributed by atoms with Crippen molar-refractivity contribution in [1.82, 2.24) is 10.2 Å². The maximum Gasteiger partial charge on any atom is 0.307 e. The highest BCUT2D eigenvalue weighted by atomic mass is 16.5. The first-order valence-electron chi connectivity index (χ1n) is 5.90. The molecule has 5 heteroatoms. The van der Waals surface area contributed by atoms with Crippen molar-refractivity contribution in [3.63, 3.8) is 0 Å². The Morgan fingerprint density at radius 1 is 1.53 bits per heavy atom. The highest BCUT2D eigenvalue weighted by molar-refractivity contribution is 5.88. The van der Waals surface area contributed by atoms with Crippen molar-refractivity contribution in [2.75, 3.05) is 13.7 Å². The molecule has 17 heavy (non-hydrogen) atoms. The maximum absolute atomic E-state index is 12.3. The Balaban J connectivity index is 2.79. The number of amides is 1. The molecule has 1 saturated heterocycles. The Kier molecular flexibility index (Phi) is 4.14. The smallest absolute Gasteiger partial charge is 0.307 e. The summed E-state index contributed by atoms with van der Waals surface area (Å²) in [4.78, 5) is 25.4. The van der Waals surface area contributed by atoms with Crippen LogP contribution in [-0.2, 0) is 14.3 Å². The molecule has 1 aliphatic rings. The van der Waals surface area contributed by atoms with Crippen LogP contribution >= 0.6 is 0 Å². The highest BCUT2D eigenvalue weighted by Crippen LogP contribution is 2.22. The Labute approximate surface area is 102 Å². The van der Waals surface area contributed by atoms with Gasteiger partial charge in [0.25, 0.3) is 0 Å². The van der Waals surface area contributed by atoms with Gasteiger partial charge in [0.1, 0.15) is 0 Å². The normalized spacial score (nSPS) is 25.9. The van der Waals surface area contributed by atoms with Crippen LogP contribution in [0.4, 0.5) is 0 Å². The Hall–Kier alpha value is -1.10. The van der Waals surface area contributed by atoms with Gasteiger partial charge in [-0.2, -0.15) is 0 Å². The monoisotopic (exact) mass is 242 g/mol. The largest absolute Gasteiger partial charge is 0.469 e. The number of hydrogen-bond donors (Lipinski definition) is 1. The molecule has 2 atom stereocenters. The van der Waals surface area contributed by atoms with E-state index in [0.717, 1.165) is 0 Å². The minimum absolute atomic E-state index is 0.0262. The predicted octanol–water partition coefficient (Wildman–Crippen LogP) is 0.537. The molecule has 0 aromatic carbocycles. The molecule has 0 aromatic rings. The van der Waals surface area contributed by atoms with Gasteiger partial charge in [0.05, 0.1) is 19.6 Å². The van der Waals surface area contributed by atoms with Gasteiger partial charge in [0.2, 0.25) is 5.91 Å². The van der Waals surface area contributed by atoms with E-state index in [4.69, 9.17) is 0 Å². The van der Waals surface area contributed by atoms with E-state index < -0.39 is 6.04 Å². The second kappa shape index (κ2) is 5.04. The number of methoxy groups -OCH3 is 1. The zero-order valence-electron chi connectivity index (χ0n) is 11.2. The molecule has 1 N–H and O–H groups in total. The van der Waals surface area contributed by atoms with Gasteiger partial charge in [-0.1, -0.05) is 0 Å². The first kappa shape index (κ1) is 14.0. The van der Waals surface area contributed by atoms with E-state index in [1.54, 1.807) is 0 Å². The molecular formula is C12H22N2O3. The van der Waals surface area contributed by atoms with Gasteiger partial charge in [-0.3, -0.25) is 9.59 Å². The Morgan fingerprint density at radius 3 is 2.59 bits per heavy atom. The summed E-state index contributed by atoms with van der Waals surface area (Å²) in [7, 11) is 1.33. The van der Waals surface area contributed by atoms with Crippen molar-refractivity contribution in [3.05, 3.63) is 0 Å². The van der Waals surface area contributed by atoms with E-state index in [9.17, 15) is 9.59 Å². The fraction of sp³-hybridized carbons (Fsp3) is 0.833. The fourth-order valence-corrected chi connectivity index (χ4v) is 2.28. The van der Waals surface area contributed by atoms with Crippen molar-refractivity contribution in [1.29, 1.82) is 0 Å². The zero-order valence-corrected chi connectivity index (χ0v) is 11.2. The molecule has 0 radical (unpaired) electrons. The van der Waals surface area contributed by atoms with Gasteiger partial charge in [0.15, 0.2) is 0 Å². The number of esters is 1. The molecule has 1 fully saturated rings. The number of ether oxygens (including phenoxy) is 1. The van der Waals surface area contributed by atoms with Crippen LogP contribution in [0.15, 0.2) is 0 Å². The van der Waals surface area contributed by atoms with Crippen LogP contribution < -0.4 is 5.32 Å². The minimum Gasteiger partial charge on any atom is -0.469 e. The molecule has 0 aliphatic carbocycles. The van der Waals surface area contributed by atoms with Gasteiger partial charge in [-0.05, 0) is 27.7 Å². The van der Waals surface area contributed by atoms with E-state index in [0.29, 0.717) is 6.54 Å². The molecule has 1 aliphatic heterocycles. The van der Waals surface area contributed by atoms with Crippen molar-refractivity contribution >= 4 is 11.9 Å². The number of hydrogen-bond acceptors (Lipinski definition) is 4. The molecule has 0 aromatic heterocycles. The van der Waals surface area contributed by atoms with Crippen LogP contribution in [0, 0.1) is 0 Å². The van der Waals surface area contributed by atoms with Gasteiger partial charge in [0, 0.05) is 18.1 Å². The van der Waals surface area contributed by atoms with Crippen LogP contribution in [0.3, 0.4) is 0 Å². The predicted molar refractivity (Wildman–Crippen MR) is 64.5 cm³/mol. The summed E-state index contributed by atoms with van der Waals surface area (Å²) in [6.45, 7) is 8.71. The van der Waals surface area contributed by atoms with Gasteiger partial charge < -0.3 is 15.0 Å². The number of rotatable bonds is 2. The molecule has 0 spiro atoms. The van der Waals surface area contributed by atoms with E-state index in [1.165, 1.54) is 7.11 Å². The third kappa shape index (κ3) is 3.19. The molecule has 98 valence electrons. The average molecular weight is 242 g/mol. The number of carbonyl (C=O) groups is 2. The molecule has 0 saturated carbocycles. The number of piperazine rings is 1. The third-order valence-corrected chi connectivity index (χ3v) is 2.96. The number of nitrogens with zero attached hydrogens (tertiary/aromatic N) is 1. The molecule has 1 heterocycles. The van der Waals surface area contributed by atoms with E-state index >= 15 is 0 Å². The summed E-state index contributed by atoms with van der Waals surface area (Å²) in [5.74, 6) is -0.388. The summed E-state index contributed by atoms with van der Waals surface area (Å²) >= 11 is 0. The topological polar surface area (TPSA) is 58.6 Å². The lowest BCUT2D eigenvalue weighted by atomic mass is 9.97. The summed E-state index contributed by atoms with van der Waals surface area (Å²) in [6, 6.07) is -0.325. The van der Waals surface area contributed by atoms with Crippen LogP contribution in [0.5, 0.6) is 0 Å². The van der Waals surface area contributed by atoms with Crippen molar-refractivity contribution in [2.45, 2.75) is 51.7 Å². The van der Waals surface area contributed by atoms with E-state index in [-0.39, 0.29) is 29.9 Å². The van der Waals surface area contributed by atoms with Crippen molar-refractivity contribution in [2.24, 2.45) is 0 Å². The summed E-state index contributed by atoms with van der Waals surface area (Å²) in [5.41, 5.74) is -0.229. The molecule has 2 unspecified atom stereocenters. The minimum atomic E-state index is -0.460. The standard InChI is InChI=1S/C12H22N2O3/c1-8-7-13-9(6-10(15)17-5)11(16)14(8)12(2,3)4/h8-9,13H,6-7H2,1-5H3. The molecule has 5 nitrogen and oxygen atoms in total. The number of nitrogens with one attached hydrogen (secondary N) is 1. The molecule has 0 bridgehead atoms. The van der Waals surface area contributed by atoms with Crippen LogP contribution in [0.2, 0.25) is 0 Å². The van der Waals surface area contributed by atoms with Gasteiger partial charge >= 0.3 is 5.97 Å². The molecule has 1 amide bonds. The summed E-state index contributed by atoms with van der Waals surface area (Å²) in [5, 5.41) is 3.09. The van der Waals surface area contributed by atoms with Gasteiger partial charge in [-0.15, -0.1) is 0 Å². The lowest BCUT2D eigenvalue weighted by Gasteiger charge is -2.46. The van der Waals surface area contributed by atoms with Crippen LogP contribution in [0.1, 0.15) is 34.1 Å². The van der Waals surface area contributed by atoms with Crippen LogP contribution in [-0.4, -0.2) is 48.1 Å². The first-order valence-corrected chi connectivity index (χ1v) is 5.90. The zero-order chi connectivity index (χ0) is 13.2. The summed E-state index contributed by atoms with van der Waals surface area (Å²) in [6.07, 6.45) is 0.0919. The SMILES string of the molecule is COC(=O)CC1NCC(C)N(C(C)(C)C)C1=O. The Morgan fingerprint density at radius 2 is 2.12 bits per heavy atom. The van der Waals surface area contributed by atoms with E-state index in [1.807, 2.05) is 32.6 Å². The second-order valence-electron chi connectivity index (χ2n) is 5.47. The highest BCUT2D eigenvalue weighted by Gasteiger charge is 2.39. The van der Waals surface area contributed by atoms with Crippen molar-refractivity contribution < 1.29 is 14.3 Å². The number of carbonyl (C=O) groups excluding carboxylic acids is 2. The second-order valence-corrected chi connectivity index (χ2v) is 5.47. The average Bonchev–Trinajstić information content (AvgIpc) is 2.20. The molecule has 1 rings (SSSR count).